The van der Waals surface area contributed by atoms with Gasteiger partial charge in [0.25, 0.3) is 0 Å². The molecule has 1 amide bonds. The maximum Gasteiger partial charge on any atom is 0.241 e. The van der Waals surface area contributed by atoms with Crippen molar-refractivity contribution in [3.8, 4) is 0 Å². The second-order valence-corrected chi connectivity index (χ2v) is 3.66. The highest BCUT2D eigenvalue weighted by Gasteiger charge is 2.25. The topological polar surface area (TPSA) is 41.1 Å². The van der Waals surface area contributed by atoms with Gasteiger partial charge in [0.2, 0.25) is 5.91 Å². The zero-order valence-electron chi connectivity index (χ0n) is 8.16. The fourth-order valence-corrected chi connectivity index (χ4v) is 1.68. The van der Waals surface area contributed by atoms with E-state index in [2.05, 4.69) is 10.6 Å². The highest BCUT2D eigenvalue weighted by molar-refractivity contribution is 5.84. The van der Waals surface area contributed by atoms with Crippen LogP contribution in [-0.4, -0.2) is 18.5 Å². The van der Waals surface area contributed by atoms with Gasteiger partial charge < -0.3 is 10.6 Å². The number of hydrogen-bond acceptors (Lipinski definition) is 2. The molecule has 0 radical (unpaired) electrons. The zero-order chi connectivity index (χ0) is 9.97. The smallest absolute Gasteiger partial charge is 0.241 e. The number of benzene rings is 1. The molecule has 0 spiro atoms. The van der Waals surface area contributed by atoms with E-state index in [-0.39, 0.29) is 18.0 Å². The summed E-state index contributed by atoms with van der Waals surface area (Å²) in [6.07, 6.45) is 0. The Morgan fingerprint density at radius 3 is 2.64 bits per heavy atom. The molecule has 1 aliphatic heterocycles. The van der Waals surface area contributed by atoms with Crippen LogP contribution < -0.4 is 10.6 Å². The molecule has 1 aromatic rings. The minimum atomic E-state index is -0.188. The minimum absolute atomic E-state index is 0.0648. The lowest BCUT2D eigenvalue weighted by Gasteiger charge is -2.28. The van der Waals surface area contributed by atoms with Crippen LogP contribution in [0, 0.1) is 0 Å². The molecule has 1 aromatic carbocycles. The van der Waals surface area contributed by atoms with Crippen molar-refractivity contribution in [1.82, 2.24) is 10.6 Å². The average Bonchev–Trinajstić information content (AvgIpc) is 2.19. The Labute approximate surface area is 83.5 Å². The Balaban J connectivity index is 2.16. The van der Waals surface area contributed by atoms with Crippen molar-refractivity contribution < 1.29 is 4.79 Å². The molecule has 3 heteroatoms. The molecule has 1 heterocycles. The maximum atomic E-state index is 11.6. The van der Waals surface area contributed by atoms with Crippen LogP contribution in [0.15, 0.2) is 30.3 Å². The highest BCUT2D eigenvalue weighted by Crippen LogP contribution is 2.14. The van der Waals surface area contributed by atoms with Gasteiger partial charge in [0.05, 0.1) is 0 Å². The summed E-state index contributed by atoms with van der Waals surface area (Å²) in [6, 6.07) is 9.81. The Bertz CT molecular complexity index is 323. The molecule has 3 nitrogen and oxygen atoms in total. The van der Waals surface area contributed by atoms with Crippen molar-refractivity contribution in [2.75, 3.05) is 6.54 Å². The van der Waals surface area contributed by atoms with E-state index in [1.807, 2.05) is 37.3 Å². The number of rotatable bonds is 1. The van der Waals surface area contributed by atoms with Crippen molar-refractivity contribution in [2.45, 2.75) is 19.0 Å². The summed E-state index contributed by atoms with van der Waals surface area (Å²) in [4.78, 5) is 11.6. The Morgan fingerprint density at radius 2 is 2.00 bits per heavy atom. The molecule has 1 unspecified atom stereocenters. The number of carbonyl (C=O) groups is 1. The molecule has 2 rings (SSSR count). The minimum Gasteiger partial charge on any atom is -0.351 e. The van der Waals surface area contributed by atoms with E-state index >= 15 is 0 Å². The van der Waals surface area contributed by atoms with Crippen molar-refractivity contribution in [3.63, 3.8) is 0 Å². The molecule has 2 atom stereocenters. The van der Waals surface area contributed by atoms with Crippen LogP contribution in [0.4, 0.5) is 0 Å². The van der Waals surface area contributed by atoms with Crippen molar-refractivity contribution >= 4 is 5.91 Å². The summed E-state index contributed by atoms with van der Waals surface area (Å²) < 4.78 is 0. The highest BCUT2D eigenvalue weighted by atomic mass is 16.2. The molecule has 1 saturated heterocycles. The van der Waals surface area contributed by atoms with Crippen molar-refractivity contribution in [3.05, 3.63) is 35.9 Å². The SMILES string of the molecule is C[C@@H]1CNC(c2ccccc2)C(=O)N1. The number of carbonyl (C=O) groups excluding carboxylic acids is 1. The van der Waals surface area contributed by atoms with Gasteiger partial charge in [-0.2, -0.15) is 0 Å². The number of piperazine rings is 1. The van der Waals surface area contributed by atoms with Crippen LogP contribution in [0.1, 0.15) is 18.5 Å². The standard InChI is InChI=1S/C11H14N2O/c1-8-7-12-10(11(14)13-8)9-5-3-2-4-6-9/h2-6,8,10,12H,7H2,1H3,(H,13,14)/t8-,10?/m1/s1. The first-order valence-electron chi connectivity index (χ1n) is 4.86. The van der Waals surface area contributed by atoms with Crippen molar-refractivity contribution in [2.24, 2.45) is 0 Å². The van der Waals surface area contributed by atoms with Crippen LogP contribution >= 0.6 is 0 Å². The summed E-state index contributed by atoms with van der Waals surface area (Å²) >= 11 is 0. The van der Waals surface area contributed by atoms with Gasteiger partial charge >= 0.3 is 0 Å². The number of nitrogens with one attached hydrogen (secondary N) is 2. The normalized spacial score (nSPS) is 27.1. The van der Waals surface area contributed by atoms with Gasteiger partial charge in [-0.15, -0.1) is 0 Å². The third-order valence-electron chi connectivity index (χ3n) is 2.41. The summed E-state index contributed by atoms with van der Waals surface area (Å²) in [6.45, 7) is 2.82. The van der Waals surface area contributed by atoms with E-state index in [0.717, 1.165) is 12.1 Å². The predicted octanol–water partition coefficient (Wildman–Crippen LogP) is 0.836. The van der Waals surface area contributed by atoms with Crippen LogP contribution in [0.3, 0.4) is 0 Å². The lowest BCUT2D eigenvalue weighted by Crippen LogP contribution is -2.52. The third kappa shape index (κ3) is 1.77. The van der Waals surface area contributed by atoms with Crippen molar-refractivity contribution in [1.29, 1.82) is 0 Å². The number of hydrogen-bond donors (Lipinski definition) is 2. The molecular weight excluding hydrogens is 176 g/mol. The molecule has 0 aliphatic carbocycles. The van der Waals surface area contributed by atoms with Crippen LogP contribution in [0.5, 0.6) is 0 Å². The molecule has 1 aliphatic rings. The lowest BCUT2D eigenvalue weighted by molar-refractivity contribution is -0.125. The molecule has 74 valence electrons. The van der Waals surface area contributed by atoms with Crippen LogP contribution in [0.25, 0.3) is 0 Å². The third-order valence-corrected chi connectivity index (χ3v) is 2.41. The Kier molecular flexibility index (Phi) is 2.50. The first kappa shape index (κ1) is 9.21. The molecule has 0 bridgehead atoms. The van der Waals surface area contributed by atoms with E-state index in [9.17, 15) is 4.79 Å². The van der Waals surface area contributed by atoms with Crippen LogP contribution in [-0.2, 0) is 4.79 Å². The second-order valence-electron chi connectivity index (χ2n) is 3.66. The van der Waals surface area contributed by atoms with E-state index in [1.54, 1.807) is 0 Å². The molecule has 14 heavy (non-hydrogen) atoms. The van der Waals surface area contributed by atoms with Crippen LogP contribution in [0.2, 0.25) is 0 Å². The Morgan fingerprint density at radius 1 is 1.29 bits per heavy atom. The molecule has 0 aromatic heterocycles. The lowest BCUT2D eigenvalue weighted by atomic mass is 10.0. The summed E-state index contributed by atoms with van der Waals surface area (Å²) in [5, 5.41) is 6.15. The molecular formula is C11H14N2O. The van der Waals surface area contributed by atoms with Gasteiger partial charge in [-0.3, -0.25) is 4.79 Å². The van der Waals surface area contributed by atoms with E-state index < -0.39 is 0 Å². The first-order valence-corrected chi connectivity index (χ1v) is 4.86. The van der Waals surface area contributed by atoms with Gasteiger partial charge in [0.1, 0.15) is 6.04 Å². The van der Waals surface area contributed by atoms with Gasteiger partial charge in [-0.1, -0.05) is 30.3 Å². The summed E-state index contributed by atoms with van der Waals surface area (Å²) in [5.74, 6) is 0.0648. The fourth-order valence-electron chi connectivity index (χ4n) is 1.68. The zero-order valence-corrected chi connectivity index (χ0v) is 8.16. The second kappa shape index (κ2) is 3.80. The monoisotopic (exact) mass is 190 g/mol. The van der Waals surface area contributed by atoms with E-state index in [0.29, 0.717) is 0 Å². The predicted molar refractivity (Wildman–Crippen MR) is 54.8 cm³/mol. The number of amides is 1. The quantitative estimate of drug-likeness (QED) is 0.689. The Hall–Kier alpha value is -1.35. The van der Waals surface area contributed by atoms with Gasteiger partial charge in [0.15, 0.2) is 0 Å². The van der Waals surface area contributed by atoms with Gasteiger partial charge in [-0.05, 0) is 12.5 Å². The average molecular weight is 190 g/mol. The molecule has 0 saturated carbocycles. The fraction of sp³-hybridized carbons (Fsp3) is 0.364. The van der Waals surface area contributed by atoms with E-state index in [4.69, 9.17) is 0 Å². The van der Waals surface area contributed by atoms with Gasteiger partial charge in [-0.25, -0.2) is 0 Å². The largest absolute Gasteiger partial charge is 0.351 e. The summed E-state index contributed by atoms with van der Waals surface area (Å²) in [7, 11) is 0. The maximum absolute atomic E-state index is 11.6. The first-order chi connectivity index (χ1) is 6.77. The molecule has 2 N–H and O–H groups in total. The summed E-state index contributed by atoms with van der Waals surface area (Å²) in [5.41, 5.74) is 1.02. The molecule has 1 fully saturated rings. The van der Waals surface area contributed by atoms with E-state index in [1.165, 1.54) is 0 Å². The van der Waals surface area contributed by atoms with Gasteiger partial charge in [0, 0.05) is 12.6 Å².